The highest BCUT2D eigenvalue weighted by atomic mass is 16.3. The molecule has 0 aromatic rings. The third-order valence-corrected chi connectivity index (χ3v) is 1.25. The maximum atomic E-state index is 9.26. The summed E-state index contributed by atoms with van der Waals surface area (Å²) in [5, 5.41) is 9.26. The van der Waals surface area contributed by atoms with Crippen molar-refractivity contribution >= 4 is 6.72 Å². The monoisotopic (exact) mass is 127 g/mol. The maximum Gasteiger partial charge on any atom is 0.0815 e. The molecule has 1 N–H and O–H groups in total. The zero-order valence-electron chi connectivity index (χ0n) is 6.18. The number of hydrogen-bond acceptors (Lipinski definition) is 2. The van der Waals surface area contributed by atoms with E-state index in [0.29, 0.717) is 0 Å². The van der Waals surface area contributed by atoms with Crippen molar-refractivity contribution in [3.05, 3.63) is 11.8 Å². The van der Waals surface area contributed by atoms with E-state index in [1.54, 1.807) is 20.0 Å². The van der Waals surface area contributed by atoms with Gasteiger partial charge in [-0.3, -0.25) is 4.99 Å². The molecule has 0 saturated carbocycles. The Labute approximate surface area is 55.9 Å². The average molecular weight is 127 g/mol. The molecule has 0 atom stereocenters. The van der Waals surface area contributed by atoms with Crippen LogP contribution in [0.25, 0.3) is 0 Å². The first kappa shape index (κ1) is 8.37. The number of hydrogen-bond donors (Lipinski definition) is 1. The molecule has 0 aliphatic carbocycles. The van der Waals surface area contributed by atoms with Gasteiger partial charge < -0.3 is 5.11 Å². The standard InChI is InChI=1S/C7H13NO/c1-6(5-8-4)7(2,3)9/h5,9H,4H2,1-3H3/b6-5+. The maximum absolute atomic E-state index is 9.26. The van der Waals surface area contributed by atoms with Gasteiger partial charge in [-0.25, -0.2) is 0 Å². The summed E-state index contributed by atoms with van der Waals surface area (Å²) in [6.07, 6.45) is 1.56. The highest BCUT2D eigenvalue weighted by molar-refractivity contribution is 5.27. The van der Waals surface area contributed by atoms with E-state index in [-0.39, 0.29) is 0 Å². The van der Waals surface area contributed by atoms with Crippen molar-refractivity contribution in [1.82, 2.24) is 0 Å². The average Bonchev–Trinajstić information content (AvgIpc) is 1.64. The highest BCUT2D eigenvalue weighted by Crippen LogP contribution is 2.13. The lowest BCUT2D eigenvalue weighted by Gasteiger charge is -2.16. The van der Waals surface area contributed by atoms with E-state index in [1.165, 1.54) is 0 Å². The topological polar surface area (TPSA) is 32.6 Å². The van der Waals surface area contributed by atoms with Crippen molar-refractivity contribution in [3.63, 3.8) is 0 Å². The van der Waals surface area contributed by atoms with Crippen molar-refractivity contribution in [2.24, 2.45) is 4.99 Å². The predicted octanol–water partition coefficient (Wildman–Crippen LogP) is 1.36. The molecule has 0 radical (unpaired) electrons. The summed E-state index contributed by atoms with van der Waals surface area (Å²) in [5.74, 6) is 0. The molecular formula is C7H13NO. The molecule has 0 aliphatic rings. The Morgan fingerprint density at radius 2 is 2.11 bits per heavy atom. The molecule has 2 nitrogen and oxygen atoms in total. The Hall–Kier alpha value is -0.630. The lowest BCUT2D eigenvalue weighted by molar-refractivity contribution is 0.119. The lowest BCUT2D eigenvalue weighted by atomic mass is 10.0. The number of rotatable bonds is 2. The summed E-state index contributed by atoms with van der Waals surface area (Å²) in [7, 11) is 0. The molecule has 0 aliphatic heterocycles. The smallest absolute Gasteiger partial charge is 0.0815 e. The minimum absolute atomic E-state index is 0.763. The van der Waals surface area contributed by atoms with Crippen molar-refractivity contribution in [2.75, 3.05) is 0 Å². The van der Waals surface area contributed by atoms with Crippen molar-refractivity contribution in [3.8, 4) is 0 Å². The van der Waals surface area contributed by atoms with Gasteiger partial charge in [-0.05, 0) is 33.1 Å². The molecule has 0 bridgehead atoms. The van der Waals surface area contributed by atoms with Crippen LogP contribution in [0.4, 0.5) is 0 Å². The zero-order valence-corrected chi connectivity index (χ0v) is 6.18. The molecule has 0 amide bonds. The fraction of sp³-hybridized carbons (Fsp3) is 0.571. The summed E-state index contributed by atoms with van der Waals surface area (Å²) in [5.41, 5.74) is 0.0544. The van der Waals surface area contributed by atoms with Gasteiger partial charge >= 0.3 is 0 Å². The summed E-state index contributed by atoms with van der Waals surface area (Å²) in [4.78, 5) is 3.53. The summed E-state index contributed by atoms with van der Waals surface area (Å²) in [6.45, 7) is 8.52. The Morgan fingerprint density at radius 1 is 1.67 bits per heavy atom. The lowest BCUT2D eigenvalue weighted by Crippen LogP contribution is -2.19. The van der Waals surface area contributed by atoms with E-state index in [1.807, 2.05) is 6.92 Å². The molecule has 0 unspecified atom stereocenters. The minimum atomic E-state index is -0.763. The number of nitrogens with zero attached hydrogens (tertiary/aromatic N) is 1. The van der Waals surface area contributed by atoms with Crippen LogP contribution >= 0.6 is 0 Å². The van der Waals surface area contributed by atoms with Crippen LogP contribution in [0.2, 0.25) is 0 Å². The van der Waals surface area contributed by atoms with Gasteiger partial charge in [0.15, 0.2) is 0 Å². The first-order chi connectivity index (χ1) is 3.98. The van der Waals surface area contributed by atoms with E-state index in [2.05, 4.69) is 11.7 Å². The predicted molar refractivity (Wildman–Crippen MR) is 39.6 cm³/mol. The number of aliphatic imine (C=N–C) groups is 1. The molecule has 0 rings (SSSR count). The largest absolute Gasteiger partial charge is 0.386 e. The van der Waals surface area contributed by atoms with Crippen LogP contribution in [0.1, 0.15) is 20.8 Å². The fourth-order valence-electron chi connectivity index (χ4n) is 0.295. The molecule has 0 spiro atoms. The Bertz CT molecular complexity index is 130. The van der Waals surface area contributed by atoms with Crippen molar-refractivity contribution < 1.29 is 5.11 Å². The van der Waals surface area contributed by atoms with E-state index >= 15 is 0 Å². The van der Waals surface area contributed by atoms with Crippen LogP contribution in [0, 0.1) is 0 Å². The Kier molecular flexibility index (Phi) is 2.59. The molecule has 0 heterocycles. The second-order valence-corrected chi connectivity index (χ2v) is 2.55. The van der Waals surface area contributed by atoms with Gasteiger partial charge in [0.2, 0.25) is 0 Å². The van der Waals surface area contributed by atoms with Crippen LogP contribution in [0.5, 0.6) is 0 Å². The molecule has 0 saturated heterocycles. The van der Waals surface area contributed by atoms with Crippen LogP contribution in [0.3, 0.4) is 0 Å². The van der Waals surface area contributed by atoms with Crippen LogP contribution in [0.15, 0.2) is 16.8 Å². The molecule has 0 aromatic heterocycles. The second kappa shape index (κ2) is 2.78. The third kappa shape index (κ3) is 3.03. The van der Waals surface area contributed by atoms with Gasteiger partial charge in [0.25, 0.3) is 0 Å². The van der Waals surface area contributed by atoms with E-state index in [4.69, 9.17) is 0 Å². The normalized spacial score (nSPS) is 13.6. The molecule has 9 heavy (non-hydrogen) atoms. The van der Waals surface area contributed by atoms with Gasteiger partial charge in [0.1, 0.15) is 0 Å². The van der Waals surface area contributed by atoms with E-state index in [0.717, 1.165) is 5.57 Å². The van der Waals surface area contributed by atoms with Gasteiger partial charge in [0, 0.05) is 6.20 Å². The van der Waals surface area contributed by atoms with Crippen molar-refractivity contribution in [2.45, 2.75) is 26.4 Å². The molecule has 0 fully saturated rings. The number of aliphatic hydroxyl groups is 1. The molecule has 52 valence electrons. The summed E-state index contributed by atoms with van der Waals surface area (Å²) < 4.78 is 0. The van der Waals surface area contributed by atoms with Gasteiger partial charge in [-0.1, -0.05) is 0 Å². The van der Waals surface area contributed by atoms with Gasteiger partial charge in [-0.15, -0.1) is 0 Å². The summed E-state index contributed by atoms with van der Waals surface area (Å²) in [6, 6.07) is 0. The third-order valence-electron chi connectivity index (χ3n) is 1.25. The highest BCUT2D eigenvalue weighted by Gasteiger charge is 2.13. The minimum Gasteiger partial charge on any atom is -0.386 e. The van der Waals surface area contributed by atoms with Crippen LogP contribution in [-0.2, 0) is 0 Å². The van der Waals surface area contributed by atoms with Crippen LogP contribution < -0.4 is 0 Å². The van der Waals surface area contributed by atoms with Gasteiger partial charge in [0.05, 0.1) is 5.60 Å². The van der Waals surface area contributed by atoms with E-state index < -0.39 is 5.60 Å². The SMILES string of the molecule is C=N/C=C(\C)C(C)(C)O. The van der Waals surface area contributed by atoms with E-state index in [9.17, 15) is 5.11 Å². The zero-order chi connectivity index (χ0) is 7.49. The first-order valence-electron chi connectivity index (χ1n) is 2.84. The Balaban J connectivity index is 4.19. The first-order valence-corrected chi connectivity index (χ1v) is 2.84. The Morgan fingerprint density at radius 3 is 2.22 bits per heavy atom. The van der Waals surface area contributed by atoms with Gasteiger partial charge in [-0.2, -0.15) is 0 Å². The molecule has 2 heteroatoms. The van der Waals surface area contributed by atoms with Crippen molar-refractivity contribution in [1.29, 1.82) is 0 Å². The van der Waals surface area contributed by atoms with Crippen LogP contribution in [-0.4, -0.2) is 17.4 Å². The molecular weight excluding hydrogens is 114 g/mol. The second-order valence-electron chi connectivity index (χ2n) is 2.55. The quantitative estimate of drug-likeness (QED) is 0.558. The summed E-state index contributed by atoms with van der Waals surface area (Å²) >= 11 is 0. The molecule has 0 aromatic carbocycles. The fourth-order valence-corrected chi connectivity index (χ4v) is 0.295.